The highest BCUT2D eigenvalue weighted by Gasteiger charge is 2.54. The number of ether oxygens (including phenoxy) is 2. The third-order valence-electron chi connectivity index (χ3n) is 7.32. The van der Waals surface area contributed by atoms with Crippen molar-refractivity contribution in [1.29, 1.82) is 0 Å². The highest BCUT2D eigenvalue weighted by atomic mass is 19.1. The molecule has 3 fully saturated rings. The number of benzene rings is 2. The van der Waals surface area contributed by atoms with Gasteiger partial charge in [-0.3, -0.25) is 19.3 Å². The summed E-state index contributed by atoms with van der Waals surface area (Å²) in [5.74, 6) is -1.91. The van der Waals surface area contributed by atoms with E-state index in [0.29, 0.717) is 31.6 Å². The van der Waals surface area contributed by atoms with Crippen molar-refractivity contribution < 1.29 is 32.6 Å². The standard InChI is InChI=1S/C27H29F2N3O5/c28-20-7-3-18(4-8-20)25(34)31-13-11-27(12-14-31)32(26(35)19-5-9-21(29)10-6-19)23(17-37-27)24(33)30-16-22-2-1-15-36-22/h3-10,22-23H,1-2,11-17H2,(H,30,33)/t22-,23-/m0/s1. The monoisotopic (exact) mass is 513 g/mol. The van der Waals surface area contributed by atoms with Gasteiger partial charge in [0.1, 0.15) is 23.4 Å². The van der Waals surface area contributed by atoms with Crippen LogP contribution in [0, 0.1) is 11.6 Å². The molecule has 10 heteroatoms. The molecule has 37 heavy (non-hydrogen) atoms. The van der Waals surface area contributed by atoms with E-state index in [1.165, 1.54) is 53.4 Å². The van der Waals surface area contributed by atoms with Crippen LogP contribution in [0.4, 0.5) is 8.78 Å². The minimum absolute atomic E-state index is 0.0101. The van der Waals surface area contributed by atoms with Crippen LogP contribution in [0.25, 0.3) is 0 Å². The van der Waals surface area contributed by atoms with Crippen molar-refractivity contribution in [2.75, 3.05) is 32.8 Å². The molecule has 3 amide bonds. The lowest BCUT2D eigenvalue weighted by atomic mass is 9.96. The Hall–Kier alpha value is -3.37. The van der Waals surface area contributed by atoms with Crippen molar-refractivity contribution in [1.82, 2.24) is 15.1 Å². The van der Waals surface area contributed by atoms with E-state index in [9.17, 15) is 23.2 Å². The number of rotatable bonds is 5. The lowest BCUT2D eigenvalue weighted by Crippen LogP contribution is -2.60. The Morgan fingerprint density at radius 2 is 1.51 bits per heavy atom. The molecule has 8 nitrogen and oxygen atoms in total. The van der Waals surface area contributed by atoms with Gasteiger partial charge in [-0.2, -0.15) is 0 Å². The van der Waals surface area contributed by atoms with E-state index < -0.39 is 29.3 Å². The molecule has 1 N–H and O–H groups in total. The molecule has 0 saturated carbocycles. The summed E-state index contributed by atoms with van der Waals surface area (Å²) < 4.78 is 38.6. The fourth-order valence-electron chi connectivity index (χ4n) is 5.27. The van der Waals surface area contributed by atoms with Gasteiger partial charge in [0.2, 0.25) is 5.91 Å². The predicted molar refractivity (Wildman–Crippen MR) is 129 cm³/mol. The average Bonchev–Trinajstić information content (AvgIpc) is 3.56. The summed E-state index contributed by atoms with van der Waals surface area (Å²) in [7, 11) is 0. The minimum Gasteiger partial charge on any atom is -0.376 e. The van der Waals surface area contributed by atoms with Crippen molar-refractivity contribution >= 4 is 17.7 Å². The lowest BCUT2D eigenvalue weighted by molar-refractivity contribution is -0.128. The summed E-state index contributed by atoms with van der Waals surface area (Å²) in [5.41, 5.74) is -0.472. The molecule has 0 aliphatic carbocycles. The second-order valence-electron chi connectivity index (χ2n) is 9.63. The van der Waals surface area contributed by atoms with Crippen LogP contribution in [-0.4, -0.2) is 78.2 Å². The Bertz CT molecular complexity index is 1140. The zero-order valence-electron chi connectivity index (χ0n) is 20.3. The third kappa shape index (κ3) is 5.21. The smallest absolute Gasteiger partial charge is 0.256 e. The summed E-state index contributed by atoms with van der Waals surface area (Å²) >= 11 is 0. The first kappa shape index (κ1) is 25.3. The fourth-order valence-corrected chi connectivity index (χ4v) is 5.27. The SMILES string of the molecule is O=C(NC[C@@H]1CCCO1)[C@@H]1COC2(CCN(C(=O)c3ccc(F)cc3)CC2)N1C(=O)c1ccc(F)cc1. The number of halogens is 2. The van der Waals surface area contributed by atoms with Crippen LogP contribution in [0.1, 0.15) is 46.4 Å². The maximum Gasteiger partial charge on any atom is 0.256 e. The normalized spacial score (nSPS) is 22.9. The molecule has 2 aromatic carbocycles. The molecule has 0 unspecified atom stereocenters. The molecule has 5 rings (SSSR count). The van der Waals surface area contributed by atoms with Crippen LogP contribution in [-0.2, 0) is 14.3 Å². The maximum atomic E-state index is 13.7. The van der Waals surface area contributed by atoms with Crippen molar-refractivity contribution in [3.8, 4) is 0 Å². The Balaban J connectivity index is 1.34. The first-order chi connectivity index (χ1) is 17.9. The Morgan fingerprint density at radius 3 is 2.08 bits per heavy atom. The van der Waals surface area contributed by atoms with Gasteiger partial charge < -0.3 is 19.7 Å². The molecule has 2 aromatic rings. The van der Waals surface area contributed by atoms with Crippen molar-refractivity contribution in [2.24, 2.45) is 0 Å². The van der Waals surface area contributed by atoms with E-state index in [1.54, 1.807) is 4.90 Å². The van der Waals surface area contributed by atoms with E-state index in [-0.39, 0.29) is 43.2 Å². The summed E-state index contributed by atoms with van der Waals surface area (Å²) in [5, 5.41) is 2.89. The van der Waals surface area contributed by atoms with Gasteiger partial charge in [-0.15, -0.1) is 0 Å². The van der Waals surface area contributed by atoms with Crippen LogP contribution < -0.4 is 5.32 Å². The van der Waals surface area contributed by atoms with E-state index in [1.807, 2.05) is 0 Å². The topological polar surface area (TPSA) is 88.2 Å². The Kier molecular flexibility index (Phi) is 7.21. The van der Waals surface area contributed by atoms with Gasteiger partial charge >= 0.3 is 0 Å². The molecule has 3 saturated heterocycles. The van der Waals surface area contributed by atoms with Crippen molar-refractivity contribution in [3.63, 3.8) is 0 Å². The zero-order chi connectivity index (χ0) is 26.0. The second-order valence-corrected chi connectivity index (χ2v) is 9.63. The molecule has 3 aliphatic heterocycles. The van der Waals surface area contributed by atoms with Crippen LogP contribution in [0.15, 0.2) is 48.5 Å². The average molecular weight is 514 g/mol. The van der Waals surface area contributed by atoms with Gasteiger partial charge in [0.25, 0.3) is 11.8 Å². The van der Waals surface area contributed by atoms with E-state index in [2.05, 4.69) is 5.32 Å². The minimum atomic E-state index is -1.09. The van der Waals surface area contributed by atoms with Gasteiger partial charge in [-0.1, -0.05) is 0 Å². The van der Waals surface area contributed by atoms with Crippen LogP contribution in [0.3, 0.4) is 0 Å². The Morgan fingerprint density at radius 1 is 0.919 bits per heavy atom. The molecule has 2 atom stereocenters. The van der Waals surface area contributed by atoms with Gasteiger partial charge in [-0.25, -0.2) is 8.78 Å². The van der Waals surface area contributed by atoms with Crippen LogP contribution >= 0.6 is 0 Å². The summed E-state index contributed by atoms with van der Waals surface area (Å²) in [6.45, 7) is 1.59. The number of nitrogens with zero attached hydrogens (tertiary/aromatic N) is 2. The van der Waals surface area contributed by atoms with Gasteiger partial charge in [0, 0.05) is 50.2 Å². The molecule has 3 aliphatic rings. The molecule has 0 aromatic heterocycles. The summed E-state index contributed by atoms with van der Waals surface area (Å²) in [6, 6.07) is 9.65. The number of likely N-dealkylation sites (tertiary alicyclic amines) is 1. The number of hydrogen-bond acceptors (Lipinski definition) is 5. The van der Waals surface area contributed by atoms with Gasteiger partial charge in [-0.05, 0) is 61.4 Å². The molecule has 0 radical (unpaired) electrons. The molecular formula is C27H29F2N3O5. The highest BCUT2D eigenvalue weighted by Crippen LogP contribution is 2.39. The van der Waals surface area contributed by atoms with E-state index in [4.69, 9.17) is 9.47 Å². The molecule has 196 valence electrons. The first-order valence-corrected chi connectivity index (χ1v) is 12.5. The fraction of sp³-hybridized carbons (Fsp3) is 0.444. The van der Waals surface area contributed by atoms with E-state index in [0.717, 1.165) is 12.8 Å². The molecule has 1 spiro atoms. The van der Waals surface area contributed by atoms with Crippen LogP contribution in [0.5, 0.6) is 0 Å². The number of piperidine rings is 1. The van der Waals surface area contributed by atoms with Gasteiger partial charge in [0.05, 0.1) is 12.7 Å². The number of hydrogen-bond donors (Lipinski definition) is 1. The number of carbonyl (C=O) groups is 3. The second kappa shape index (κ2) is 10.5. The largest absolute Gasteiger partial charge is 0.376 e. The zero-order valence-corrected chi connectivity index (χ0v) is 20.3. The maximum absolute atomic E-state index is 13.7. The lowest BCUT2D eigenvalue weighted by Gasteiger charge is -2.44. The Labute approximate surface area is 213 Å². The molecular weight excluding hydrogens is 484 g/mol. The number of nitrogens with one attached hydrogen (secondary N) is 1. The number of amides is 3. The predicted octanol–water partition coefficient (Wildman–Crippen LogP) is 2.73. The summed E-state index contributed by atoms with van der Waals surface area (Å²) in [6.07, 6.45) is 2.34. The first-order valence-electron chi connectivity index (χ1n) is 12.5. The molecule has 0 bridgehead atoms. The van der Waals surface area contributed by atoms with Crippen LogP contribution in [0.2, 0.25) is 0 Å². The van der Waals surface area contributed by atoms with Crippen molar-refractivity contribution in [2.45, 2.75) is 43.6 Å². The number of carbonyl (C=O) groups excluding carboxylic acids is 3. The highest BCUT2D eigenvalue weighted by molar-refractivity contribution is 5.98. The van der Waals surface area contributed by atoms with Crippen molar-refractivity contribution in [3.05, 3.63) is 71.3 Å². The van der Waals surface area contributed by atoms with Gasteiger partial charge in [0.15, 0.2) is 0 Å². The molecule has 3 heterocycles. The quantitative estimate of drug-likeness (QED) is 0.665. The third-order valence-corrected chi connectivity index (χ3v) is 7.32. The summed E-state index contributed by atoms with van der Waals surface area (Å²) in [4.78, 5) is 42.9. The van der Waals surface area contributed by atoms with E-state index >= 15 is 0 Å².